The summed E-state index contributed by atoms with van der Waals surface area (Å²) >= 11 is 0. The van der Waals surface area contributed by atoms with E-state index in [1.165, 1.54) is 24.9 Å². The van der Waals surface area contributed by atoms with Crippen molar-refractivity contribution in [3.05, 3.63) is 29.8 Å². The van der Waals surface area contributed by atoms with Crippen molar-refractivity contribution in [2.45, 2.75) is 24.9 Å². The van der Waals surface area contributed by atoms with Crippen LogP contribution in [0.1, 0.15) is 18.4 Å². The highest BCUT2D eigenvalue weighted by Gasteiger charge is 2.39. The van der Waals surface area contributed by atoms with E-state index < -0.39 is 0 Å². The van der Waals surface area contributed by atoms with Crippen molar-refractivity contribution >= 4 is 0 Å². The molecule has 0 aromatic heterocycles. The maximum absolute atomic E-state index is 6.19. The Morgan fingerprint density at radius 3 is 2.95 bits per heavy atom. The first-order chi connectivity index (χ1) is 9.73. The molecule has 110 valence electrons. The molecule has 0 amide bonds. The molecule has 1 unspecified atom stereocenters. The van der Waals surface area contributed by atoms with Gasteiger partial charge < -0.3 is 15.4 Å². The number of nitrogens with two attached hydrogens (primary N) is 1. The molecule has 1 aromatic rings. The molecule has 2 aliphatic rings. The number of rotatable bonds is 2. The molecule has 1 saturated heterocycles. The van der Waals surface area contributed by atoms with Gasteiger partial charge in [0.05, 0.1) is 0 Å². The lowest BCUT2D eigenvalue weighted by Crippen LogP contribution is -2.62. The van der Waals surface area contributed by atoms with E-state index in [0.29, 0.717) is 0 Å². The summed E-state index contributed by atoms with van der Waals surface area (Å²) in [5.41, 5.74) is 7.58. The van der Waals surface area contributed by atoms with Crippen LogP contribution in [0.4, 0.5) is 0 Å². The maximum atomic E-state index is 6.19. The Hall–Kier alpha value is -1.10. The number of para-hydroxylation sites is 1. The fraction of sp³-hybridized carbons (Fsp3) is 0.625. The summed E-state index contributed by atoms with van der Waals surface area (Å²) in [5.74, 6) is 1.03. The van der Waals surface area contributed by atoms with E-state index in [1.807, 2.05) is 6.07 Å². The van der Waals surface area contributed by atoms with Gasteiger partial charge in [-0.15, -0.1) is 0 Å². The minimum Gasteiger partial charge on any atom is -0.492 e. The van der Waals surface area contributed by atoms with Gasteiger partial charge in [0.15, 0.2) is 0 Å². The third-order valence-electron chi connectivity index (χ3n) is 4.75. The van der Waals surface area contributed by atoms with E-state index in [-0.39, 0.29) is 5.54 Å². The number of ether oxygens (including phenoxy) is 1. The quantitative estimate of drug-likeness (QED) is 0.883. The molecule has 3 rings (SSSR count). The monoisotopic (exact) mass is 275 g/mol. The molecule has 0 bridgehead atoms. The molecule has 2 N–H and O–H groups in total. The van der Waals surface area contributed by atoms with E-state index in [4.69, 9.17) is 10.5 Å². The molecular weight excluding hydrogens is 250 g/mol. The van der Waals surface area contributed by atoms with Crippen LogP contribution in [-0.2, 0) is 6.54 Å². The zero-order valence-electron chi connectivity index (χ0n) is 12.3. The number of hydrogen-bond donors (Lipinski definition) is 1. The average molecular weight is 275 g/mol. The van der Waals surface area contributed by atoms with Crippen LogP contribution in [0.25, 0.3) is 0 Å². The molecule has 1 fully saturated rings. The number of likely N-dealkylation sites (tertiary alicyclic amines) is 1. The smallest absolute Gasteiger partial charge is 0.123 e. The van der Waals surface area contributed by atoms with Gasteiger partial charge in [-0.1, -0.05) is 18.2 Å². The fourth-order valence-electron chi connectivity index (χ4n) is 3.62. The van der Waals surface area contributed by atoms with Gasteiger partial charge in [0.2, 0.25) is 0 Å². The first-order valence-electron chi connectivity index (χ1n) is 7.58. The van der Waals surface area contributed by atoms with Crippen LogP contribution in [0, 0.1) is 0 Å². The van der Waals surface area contributed by atoms with E-state index >= 15 is 0 Å². The van der Waals surface area contributed by atoms with Crippen LogP contribution in [0.3, 0.4) is 0 Å². The Bertz CT molecular complexity index is 465. The van der Waals surface area contributed by atoms with Crippen molar-refractivity contribution in [3.8, 4) is 5.75 Å². The minimum atomic E-state index is 0.105. The topological polar surface area (TPSA) is 41.7 Å². The minimum absolute atomic E-state index is 0.105. The second kappa shape index (κ2) is 5.72. The van der Waals surface area contributed by atoms with Crippen molar-refractivity contribution in [2.24, 2.45) is 5.73 Å². The third-order valence-corrected chi connectivity index (χ3v) is 4.75. The van der Waals surface area contributed by atoms with E-state index in [2.05, 4.69) is 35.0 Å². The predicted octanol–water partition coefficient (Wildman–Crippen LogP) is 1.30. The summed E-state index contributed by atoms with van der Waals surface area (Å²) in [7, 11) is 2.20. The van der Waals surface area contributed by atoms with Crippen LogP contribution < -0.4 is 10.5 Å². The molecular formula is C16H25N3O. The Kier molecular flexibility index (Phi) is 3.96. The Morgan fingerprint density at radius 2 is 2.15 bits per heavy atom. The van der Waals surface area contributed by atoms with Gasteiger partial charge in [-0.3, -0.25) is 4.90 Å². The lowest BCUT2D eigenvalue weighted by atomic mass is 9.86. The number of likely N-dealkylation sites (N-methyl/N-ethyl adjacent to an activating group) is 1. The molecule has 0 spiro atoms. The second-order valence-corrected chi connectivity index (χ2v) is 6.15. The average Bonchev–Trinajstić information content (AvgIpc) is 2.69. The van der Waals surface area contributed by atoms with Crippen LogP contribution in [0.15, 0.2) is 24.3 Å². The number of benzene rings is 1. The van der Waals surface area contributed by atoms with Gasteiger partial charge in [0.25, 0.3) is 0 Å². The van der Waals surface area contributed by atoms with Gasteiger partial charge in [-0.05, 0) is 32.5 Å². The van der Waals surface area contributed by atoms with Crippen LogP contribution >= 0.6 is 0 Å². The SMILES string of the molecule is CN1CCCC(CN)(N2CCOc3ccccc3C2)C1. The molecule has 0 saturated carbocycles. The third kappa shape index (κ3) is 2.55. The number of fused-ring (bicyclic) bond motifs is 1. The summed E-state index contributed by atoms with van der Waals surface area (Å²) in [6, 6.07) is 8.38. The van der Waals surface area contributed by atoms with Crippen molar-refractivity contribution in [1.29, 1.82) is 0 Å². The van der Waals surface area contributed by atoms with Gasteiger partial charge in [0.1, 0.15) is 12.4 Å². The van der Waals surface area contributed by atoms with Crippen LogP contribution in [0.5, 0.6) is 5.75 Å². The highest BCUT2D eigenvalue weighted by Crippen LogP contribution is 2.31. The van der Waals surface area contributed by atoms with Crippen molar-refractivity contribution < 1.29 is 4.74 Å². The zero-order chi connectivity index (χ0) is 14.0. The van der Waals surface area contributed by atoms with Gasteiger partial charge in [0, 0.05) is 37.3 Å². The molecule has 20 heavy (non-hydrogen) atoms. The summed E-state index contributed by atoms with van der Waals surface area (Å²) in [6.07, 6.45) is 2.42. The van der Waals surface area contributed by atoms with Crippen molar-refractivity contribution in [3.63, 3.8) is 0 Å². The first-order valence-corrected chi connectivity index (χ1v) is 7.58. The predicted molar refractivity (Wildman–Crippen MR) is 80.9 cm³/mol. The Labute approximate surface area is 121 Å². The summed E-state index contributed by atoms with van der Waals surface area (Å²) in [6.45, 7) is 5.62. The molecule has 4 nitrogen and oxygen atoms in total. The molecule has 0 radical (unpaired) electrons. The fourth-order valence-corrected chi connectivity index (χ4v) is 3.62. The van der Waals surface area contributed by atoms with Crippen LogP contribution in [0.2, 0.25) is 0 Å². The summed E-state index contributed by atoms with van der Waals surface area (Å²) in [5, 5.41) is 0. The standard InChI is InChI=1S/C16H25N3O/c1-18-8-4-7-16(12-17,13-18)19-9-10-20-15-6-3-2-5-14(15)11-19/h2-3,5-6H,4,7-13,17H2,1H3. The molecule has 2 aliphatic heterocycles. The number of hydrogen-bond acceptors (Lipinski definition) is 4. The van der Waals surface area contributed by atoms with E-state index in [1.54, 1.807) is 0 Å². The molecule has 1 aromatic carbocycles. The number of nitrogens with zero attached hydrogens (tertiary/aromatic N) is 2. The summed E-state index contributed by atoms with van der Waals surface area (Å²) in [4.78, 5) is 4.96. The second-order valence-electron chi connectivity index (χ2n) is 6.15. The Morgan fingerprint density at radius 1 is 1.30 bits per heavy atom. The molecule has 4 heteroatoms. The lowest BCUT2D eigenvalue weighted by molar-refractivity contribution is 0.0169. The Balaban J connectivity index is 1.85. The van der Waals surface area contributed by atoms with Gasteiger partial charge in [-0.2, -0.15) is 0 Å². The molecule has 0 aliphatic carbocycles. The first kappa shape index (κ1) is 13.9. The normalized spacial score (nSPS) is 28.5. The van der Waals surface area contributed by atoms with Gasteiger partial charge in [-0.25, -0.2) is 0 Å². The van der Waals surface area contributed by atoms with E-state index in [9.17, 15) is 0 Å². The maximum Gasteiger partial charge on any atom is 0.123 e. The summed E-state index contributed by atoms with van der Waals surface area (Å²) < 4.78 is 5.89. The molecule has 2 heterocycles. The highest BCUT2D eigenvalue weighted by molar-refractivity contribution is 5.34. The van der Waals surface area contributed by atoms with Gasteiger partial charge >= 0.3 is 0 Å². The highest BCUT2D eigenvalue weighted by atomic mass is 16.5. The van der Waals surface area contributed by atoms with Crippen molar-refractivity contribution in [1.82, 2.24) is 9.80 Å². The number of piperidine rings is 1. The largest absolute Gasteiger partial charge is 0.492 e. The lowest BCUT2D eigenvalue weighted by Gasteiger charge is -2.48. The van der Waals surface area contributed by atoms with E-state index in [0.717, 1.165) is 38.5 Å². The zero-order valence-corrected chi connectivity index (χ0v) is 12.3. The van der Waals surface area contributed by atoms with Crippen LogP contribution in [-0.4, -0.2) is 55.2 Å². The molecule has 1 atom stereocenters. The van der Waals surface area contributed by atoms with Crippen molar-refractivity contribution in [2.75, 3.05) is 39.8 Å².